The van der Waals surface area contributed by atoms with Gasteiger partial charge >= 0.3 is 0 Å². The molecule has 0 saturated carbocycles. The van der Waals surface area contributed by atoms with Crippen LogP contribution in [0, 0.1) is 5.41 Å². The average molecular weight is 469 g/mol. The standard InChI is InChI=1S/C25H24N8S/c1-15(18-7-4-12-34-18)20-19-22(30-29-20)28-24(33-14-27-31-23(19)33)32-10-8-25(9-11-32)13-16-5-2-3-6-17(16)21(25)26/h2-7,12,14,21H,1,8-11,13,26H2,(H,29,30)/t21-/m1/s1. The summed E-state index contributed by atoms with van der Waals surface area (Å²) in [6.45, 7) is 6.05. The number of thiophene rings is 1. The van der Waals surface area contributed by atoms with Crippen molar-refractivity contribution < 1.29 is 0 Å². The molecular weight excluding hydrogens is 444 g/mol. The minimum Gasteiger partial charge on any atom is -0.342 e. The highest BCUT2D eigenvalue weighted by molar-refractivity contribution is 7.11. The molecule has 1 aliphatic heterocycles. The molecule has 34 heavy (non-hydrogen) atoms. The molecule has 4 aromatic heterocycles. The molecule has 0 radical (unpaired) electrons. The first-order valence-electron chi connectivity index (χ1n) is 11.5. The molecule has 7 rings (SSSR count). The molecule has 1 saturated heterocycles. The molecule has 170 valence electrons. The van der Waals surface area contributed by atoms with Crippen molar-refractivity contribution in [1.82, 2.24) is 29.8 Å². The topological polar surface area (TPSA) is 101 Å². The Balaban J connectivity index is 1.23. The van der Waals surface area contributed by atoms with Gasteiger partial charge < -0.3 is 10.6 Å². The summed E-state index contributed by atoms with van der Waals surface area (Å²) in [5.41, 5.74) is 12.7. The van der Waals surface area contributed by atoms with Crippen LogP contribution in [-0.2, 0) is 6.42 Å². The van der Waals surface area contributed by atoms with Gasteiger partial charge in [0, 0.05) is 29.6 Å². The van der Waals surface area contributed by atoms with Gasteiger partial charge in [-0.05, 0) is 47.3 Å². The molecule has 0 unspecified atom stereocenters. The summed E-state index contributed by atoms with van der Waals surface area (Å²) in [6.07, 6.45) is 4.84. The Hall–Kier alpha value is -3.56. The molecule has 1 aromatic carbocycles. The Morgan fingerprint density at radius 1 is 1.18 bits per heavy atom. The van der Waals surface area contributed by atoms with Gasteiger partial charge in [-0.3, -0.25) is 9.50 Å². The third kappa shape index (κ3) is 2.74. The first kappa shape index (κ1) is 19.9. The van der Waals surface area contributed by atoms with Gasteiger partial charge in [0.25, 0.3) is 0 Å². The van der Waals surface area contributed by atoms with Gasteiger partial charge in [0.15, 0.2) is 11.3 Å². The fraction of sp³-hybridized carbons (Fsp3) is 0.280. The number of hydrogen-bond donors (Lipinski definition) is 2. The maximum Gasteiger partial charge on any atom is 0.214 e. The Morgan fingerprint density at radius 2 is 2.03 bits per heavy atom. The van der Waals surface area contributed by atoms with E-state index < -0.39 is 0 Å². The predicted molar refractivity (Wildman–Crippen MR) is 134 cm³/mol. The molecule has 1 spiro atoms. The number of rotatable bonds is 3. The first-order valence-corrected chi connectivity index (χ1v) is 12.4. The number of H-pyrrole nitrogens is 1. The number of nitrogens with one attached hydrogen (secondary N) is 1. The second-order valence-corrected chi connectivity index (χ2v) is 10.3. The van der Waals surface area contributed by atoms with Crippen molar-refractivity contribution in [3.63, 3.8) is 0 Å². The number of fused-ring (bicyclic) bond motifs is 4. The summed E-state index contributed by atoms with van der Waals surface area (Å²) in [5, 5.41) is 19.2. The van der Waals surface area contributed by atoms with Crippen LogP contribution in [0.4, 0.5) is 5.95 Å². The summed E-state index contributed by atoms with van der Waals surface area (Å²) in [7, 11) is 0. The highest BCUT2D eigenvalue weighted by Gasteiger charge is 2.46. The van der Waals surface area contributed by atoms with Crippen LogP contribution >= 0.6 is 11.3 Å². The smallest absolute Gasteiger partial charge is 0.214 e. The maximum atomic E-state index is 6.78. The van der Waals surface area contributed by atoms with Gasteiger partial charge in [0.2, 0.25) is 5.95 Å². The zero-order chi connectivity index (χ0) is 22.9. The van der Waals surface area contributed by atoms with Crippen molar-refractivity contribution in [2.24, 2.45) is 11.1 Å². The lowest BCUT2D eigenvalue weighted by Crippen LogP contribution is -2.45. The Kier molecular flexibility index (Phi) is 4.22. The predicted octanol–water partition coefficient (Wildman–Crippen LogP) is 3.97. The lowest BCUT2D eigenvalue weighted by molar-refractivity contribution is 0.187. The van der Waals surface area contributed by atoms with Gasteiger partial charge in [0.05, 0.1) is 5.39 Å². The van der Waals surface area contributed by atoms with Gasteiger partial charge in [-0.15, -0.1) is 21.5 Å². The zero-order valence-electron chi connectivity index (χ0n) is 18.6. The third-order valence-corrected chi connectivity index (χ3v) is 8.61. The molecular formula is C25H24N8S. The zero-order valence-corrected chi connectivity index (χ0v) is 19.4. The van der Waals surface area contributed by atoms with E-state index in [-0.39, 0.29) is 11.5 Å². The van der Waals surface area contributed by atoms with Crippen LogP contribution < -0.4 is 10.6 Å². The molecule has 2 aliphatic rings. The van der Waals surface area contributed by atoms with E-state index in [9.17, 15) is 0 Å². The van der Waals surface area contributed by atoms with Crippen molar-refractivity contribution in [2.75, 3.05) is 18.0 Å². The summed E-state index contributed by atoms with van der Waals surface area (Å²) in [4.78, 5) is 8.38. The molecule has 5 aromatic rings. The lowest BCUT2D eigenvalue weighted by Gasteiger charge is -2.42. The number of aromatic nitrogens is 6. The van der Waals surface area contributed by atoms with Crippen molar-refractivity contribution in [3.05, 3.63) is 76.4 Å². The molecule has 1 aliphatic carbocycles. The van der Waals surface area contributed by atoms with Crippen molar-refractivity contribution in [2.45, 2.75) is 25.3 Å². The fourth-order valence-corrected chi connectivity index (χ4v) is 6.50. The number of aromatic amines is 1. The van der Waals surface area contributed by atoms with Crippen molar-refractivity contribution in [3.8, 4) is 0 Å². The van der Waals surface area contributed by atoms with E-state index in [1.54, 1.807) is 17.7 Å². The van der Waals surface area contributed by atoms with Crippen LogP contribution in [0.25, 0.3) is 22.3 Å². The molecule has 1 fully saturated rings. The van der Waals surface area contributed by atoms with Crippen LogP contribution in [0.5, 0.6) is 0 Å². The van der Waals surface area contributed by atoms with Gasteiger partial charge in [-0.2, -0.15) is 10.1 Å². The van der Waals surface area contributed by atoms with E-state index in [1.807, 2.05) is 21.9 Å². The molecule has 0 bridgehead atoms. The average Bonchev–Trinajstić information content (AvgIpc) is 3.66. The Morgan fingerprint density at radius 3 is 2.82 bits per heavy atom. The first-order chi connectivity index (χ1) is 16.6. The number of nitrogens with zero attached hydrogens (tertiary/aromatic N) is 6. The number of nitrogens with two attached hydrogens (primary N) is 1. The number of hydrogen-bond acceptors (Lipinski definition) is 7. The highest BCUT2D eigenvalue weighted by atomic mass is 32.1. The van der Waals surface area contributed by atoms with Crippen LogP contribution in [0.3, 0.4) is 0 Å². The van der Waals surface area contributed by atoms with Gasteiger partial charge in [0.1, 0.15) is 12.0 Å². The van der Waals surface area contributed by atoms with E-state index in [4.69, 9.17) is 10.7 Å². The maximum absolute atomic E-state index is 6.78. The summed E-state index contributed by atoms with van der Waals surface area (Å²) < 4.78 is 1.98. The Labute approximate surface area is 200 Å². The number of benzene rings is 1. The van der Waals surface area contributed by atoms with Crippen LogP contribution in [-0.4, -0.2) is 42.9 Å². The highest BCUT2D eigenvalue weighted by Crippen LogP contribution is 2.51. The largest absolute Gasteiger partial charge is 0.342 e. The second kappa shape index (κ2) is 7.22. The minimum absolute atomic E-state index is 0.0923. The second-order valence-electron chi connectivity index (χ2n) is 9.39. The van der Waals surface area contributed by atoms with E-state index in [2.05, 4.69) is 56.1 Å². The lowest BCUT2D eigenvalue weighted by atomic mass is 9.73. The number of anilines is 1. The summed E-state index contributed by atoms with van der Waals surface area (Å²) in [5.74, 6) is 0.836. The van der Waals surface area contributed by atoms with E-state index in [1.165, 1.54) is 11.1 Å². The van der Waals surface area contributed by atoms with Gasteiger partial charge in [-0.1, -0.05) is 36.9 Å². The SMILES string of the molecule is C=C(c1cccs1)c1n[nH]c2nc(N3CCC4(CC3)Cc3ccccc3[C@H]4N)n3cnnc3c12. The number of piperidine rings is 1. The van der Waals surface area contributed by atoms with E-state index >= 15 is 0 Å². The quantitative estimate of drug-likeness (QED) is 0.416. The van der Waals surface area contributed by atoms with E-state index in [0.717, 1.165) is 65.5 Å². The summed E-state index contributed by atoms with van der Waals surface area (Å²) in [6, 6.07) is 12.8. The third-order valence-electron chi connectivity index (χ3n) is 7.68. The molecule has 1 atom stereocenters. The van der Waals surface area contributed by atoms with Crippen LogP contribution in [0.1, 0.15) is 40.6 Å². The van der Waals surface area contributed by atoms with Crippen molar-refractivity contribution >= 4 is 39.5 Å². The molecule has 5 heterocycles. The van der Waals surface area contributed by atoms with Crippen LogP contribution in [0.15, 0.2) is 54.7 Å². The molecule has 8 nitrogen and oxygen atoms in total. The normalized spacial score (nSPS) is 19.3. The molecule has 3 N–H and O–H groups in total. The van der Waals surface area contributed by atoms with Crippen molar-refractivity contribution in [1.29, 1.82) is 0 Å². The monoisotopic (exact) mass is 468 g/mol. The summed E-state index contributed by atoms with van der Waals surface area (Å²) >= 11 is 1.64. The Bertz CT molecular complexity index is 1540. The fourth-order valence-electron chi connectivity index (χ4n) is 5.80. The van der Waals surface area contributed by atoms with Gasteiger partial charge in [-0.25, -0.2) is 0 Å². The minimum atomic E-state index is 0.0923. The van der Waals surface area contributed by atoms with Crippen LogP contribution in [0.2, 0.25) is 0 Å². The van der Waals surface area contributed by atoms with E-state index in [0.29, 0.717) is 5.65 Å². The molecule has 0 amide bonds. The molecule has 9 heteroatoms.